The van der Waals surface area contributed by atoms with Crippen molar-refractivity contribution in [3.05, 3.63) is 94.4 Å². The quantitative estimate of drug-likeness (QED) is 0.227. The van der Waals surface area contributed by atoms with Crippen LogP contribution in [0.15, 0.2) is 60.8 Å². The molecule has 1 aromatic heterocycles. The average Bonchev–Trinajstić information content (AvgIpc) is 2.93. The van der Waals surface area contributed by atoms with E-state index in [9.17, 15) is 18.4 Å². The Morgan fingerprint density at radius 2 is 1.66 bits per heavy atom. The van der Waals surface area contributed by atoms with Crippen molar-refractivity contribution < 1.29 is 22.8 Å². The van der Waals surface area contributed by atoms with Crippen LogP contribution in [-0.4, -0.2) is 43.0 Å². The summed E-state index contributed by atoms with van der Waals surface area (Å²) in [7, 11) is 0. The first-order valence-corrected chi connectivity index (χ1v) is 12.1. The fourth-order valence-corrected chi connectivity index (χ4v) is 4.34. The Hall–Kier alpha value is -4.15. The van der Waals surface area contributed by atoms with Crippen LogP contribution in [0.4, 0.5) is 35.0 Å². The van der Waals surface area contributed by atoms with Gasteiger partial charge in [-0.15, -0.1) is 0 Å². The van der Waals surface area contributed by atoms with Gasteiger partial charge < -0.3 is 20.9 Å². The number of hydrogen-bond donors (Lipinski definition) is 3. The molecule has 5 rings (SSSR count). The molecule has 0 atom stereocenters. The summed E-state index contributed by atoms with van der Waals surface area (Å²) >= 11 is 5.81. The van der Waals surface area contributed by atoms with Gasteiger partial charge in [0.15, 0.2) is 23.2 Å². The minimum absolute atomic E-state index is 0.0586. The minimum atomic E-state index is -1.65. The third-order valence-electron chi connectivity index (χ3n) is 6.14. The van der Waals surface area contributed by atoms with Crippen molar-refractivity contribution in [1.29, 1.82) is 0 Å². The molecular weight excluding hydrogens is 519 g/mol. The number of ketones is 1. The van der Waals surface area contributed by atoms with Gasteiger partial charge in [0.05, 0.1) is 28.7 Å². The number of urea groups is 1. The van der Waals surface area contributed by atoms with E-state index in [0.29, 0.717) is 27.7 Å². The van der Waals surface area contributed by atoms with Crippen molar-refractivity contribution in [2.45, 2.75) is 0 Å². The van der Waals surface area contributed by atoms with E-state index in [1.54, 1.807) is 12.3 Å². The SMILES string of the molecule is O=C(Nc1ccc(Cl)cc1)Nc1cc(F)c(F)c(C(=O)c2ccc3ncc(N4CCNCC4)cc3c2)c1F. The van der Waals surface area contributed by atoms with Crippen LogP contribution in [0.1, 0.15) is 15.9 Å². The lowest BCUT2D eigenvalue weighted by Gasteiger charge is -2.29. The second-order valence-corrected chi connectivity index (χ2v) is 9.10. The molecule has 3 N–H and O–H groups in total. The van der Waals surface area contributed by atoms with Gasteiger partial charge in [-0.2, -0.15) is 0 Å². The molecule has 1 aliphatic heterocycles. The highest BCUT2D eigenvalue weighted by molar-refractivity contribution is 6.30. The van der Waals surface area contributed by atoms with E-state index in [0.717, 1.165) is 31.9 Å². The predicted octanol–water partition coefficient (Wildman–Crippen LogP) is 5.59. The summed E-state index contributed by atoms with van der Waals surface area (Å²) in [6.07, 6.45) is 1.73. The number of amides is 2. The van der Waals surface area contributed by atoms with E-state index in [-0.39, 0.29) is 5.56 Å². The lowest BCUT2D eigenvalue weighted by atomic mass is 9.99. The van der Waals surface area contributed by atoms with Crippen LogP contribution in [0.25, 0.3) is 10.9 Å². The first kappa shape index (κ1) is 25.5. The van der Waals surface area contributed by atoms with Crippen LogP contribution in [0, 0.1) is 17.5 Å². The van der Waals surface area contributed by atoms with E-state index in [2.05, 4.69) is 25.8 Å². The highest BCUT2D eigenvalue weighted by atomic mass is 35.5. The van der Waals surface area contributed by atoms with Crippen LogP contribution in [-0.2, 0) is 0 Å². The van der Waals surface area contributed by atoms with Crippen LogP contribution in [0.2, 0.25) is 5.02 Å². The number of hydrogen-bond acceptors (Lipinski definition) is 5. The third-order valence-corrected chi connectivity index (χ3v) is 6.40. The fourth-order valence-electron chi connectivity index (χ4n) is 4.21. The summed E-state index contributed by atoms with van der Waals surface area (Å²) < 4.78 is 44.5. The first-order chi connectivity index (χ1) is 18.3. The molecule has 0 aliphatic carbocycles. The van der Waals surface area contributed by atoms with Gasteiger partial charge in [0.25, 0.3) is 0 Å². The lowest BCUT2D eigenvalue weighted by molar-refractivity contribution is 0.103. The second-order valence-electron chi connectivity index (χ2n) is 8.66. The number of nitrogens with one attached hydrogen (secondary N) is 3. The maximum absolute atomic E-state index is 15.3. The second kappa shape index (κ2) is 10.7. The molecule has 11 heteroatoms. The van der Waals surface area contributed by atoms with Gasteiger partial charge in [0.1, 0.15) is 0 Å². The summed E-state index contributed by atoms with van der Waals surface area (Å²) in [5, 5.41) is 8.84. The number of pyridine rings is 1. The van der Waals surface area contributed by atoms with Gasteiger partial charge in [-0.05, 0) is 48.5 Å². The number of anilines is 3. The molecule has 4 aromatic rings. The normalized spacial score (nSPS) is 13.4. The Morgan fingerprint density at radius 1 is 0.921 bits per heavy atom. The molecule has 0 unspecified atom stereocenters. The number of halogens is 4. The zero-order chi connectivity index (χ0) is 26.8. The molecular formula is C27H21ClF3N5O2. The molecule has 2 amide bonds. The van der Waals surface area contributed by atoms with Gasteiger partial charge in [0.2, 0.25) is 0 Å². The molecule has 1 saturated heterocycles. The topological polar surface area (TPSA) is 86.4 Å². The molecule has 1 aliphatic rings. The molecule has 194 valence electrons. The molecule has 7 nitrogen and oxygen atoms in total. The van der Waals surface area contributed by atoms with Crippen molar-refractivity contribution in [3.8, 4) is 0 Å². The zero-order valence-corrected chi connectivity index (χ0v) is 20.6. The van der Waals surface area contributed by atoms with E-state index in [4.69, 9.17) is 11.6 Å². The van der Waals surface area contributed by atoms with Gasteiger partial charge in [-0.1, -0.05) is 11.6 Å². The highest BCUT2D eigenvalue weighted by Gasteiger charge is 2.26. The number of carbonyl (C=O) groups is 2. The van der Waals surface area contributed by atoms with Crippen molar-refractivity contribution >= 4 is 51.4 Å². The van der Waals surface area contributed by atoms with Gasteiger partial charge in [0, 0.05) is 53.9 Å². The number of aromatic nitrogens is 1. The van der Waals surface area contributed by atoms with Crippen LogP contribution in [0.3, 0.4) is 0 Å². The Labute approximate surface area is 220 Å². The van der Waals surface area contributed by atoms with Crippen molar-refractivity contribution in [1.82, 2.24) is 10.3 Å². The maximum atomic E-state index is 15.3. The Bertz CT molecular complexity index is 1540. The molecule has 3 aromatic carbocycles. The van der Waals surface area contributed by atoms with Crippen LogP contribution >= 0.6 is 11.6 Å². The van der Waals surface area contributed by atoms with Crippen LogP contribution < -0.4 is 20.9 Å². The summed E-state index contributed by atoms with van der Waals surface area (Å²) in [4.78, 5) is 32.1. The number of nitrogens with zero attached hydrogens (tertiary/aromatic N) is 2. The minimum Gasteiger partial charge on any atom is -0.368 e. The fraction of sp³-hybridized carbons (Fsp3) is 0.148. The molecule has 1 fully saturated rings. The summed E-state index contributed by atoms with van der Waals surface area (Å²) in [6.45, 7) is 3.21. The standard InChI is InChI=1S/C27H21ClF3N5O2/c28-17-2-4-18(5-3-17)34-27(38)35-22-13-20(29)24(30)23(25(22)31)26(37)15-1-6-21-16(11-15)12-19(14-33-21)36-9-7-32-8-10-36/h1-6,11-14,32H,7-10H2,(H2,34,35,38). The third kappa shape index (κ3) is 5.27. The monoisotopic (exact) mass is 539 g/mol. The Kier molecular flexibility index (Phi) is 7.17. The Morgan fingerprint density at radius 3 is 2.39 bits per heavy atom. The number of rotatable bonds is 5. The molecule has 0 radical (unpaired) electrons. The maximum Gasteiger partial charge on any atom is 0.323 e. The zero-order valence-electron chi connectivity index (χ0n) is 19.8. The number of piperazine rings is 1. The van der Waals surface area contributed by atoms with E-state index < -0.39 is 40.5 Å². The lowest BCUT2D eigenvalue weighted by Crippen LogP contribution is -2.43. The summed E-state index contributed by atoms with van der Waals surface area (Å²) in [5.41, 5.74) is -0.0980. The first-order valence-electron chi connectivity index (χ1n) is 11.7. The van der Waals surface area contributed by atoms with E-state index >= 15 is 4.39 Å². The number of fused-ring (bicyclic) bond motifs is 1. The molecule has 0 bridgehead atoms. The largest absolute Gasteiger partial charge is 0.368 e. The molecule has 0 spiro atoms. The van der Waals surface area contributed by atoms with Gasteiger partial charge in [-0.25, -0.2) is 18.0 Å². The van der Waals surface area contributed by atoms with Crippen molar-refractivity contribution in [3.63, 3.8) is 0 Å². The summed E-state index contributed by atoms with van der Waals surface area (Å²) in [5.74, 6) is -5.60. The van der Waals surface area contributed by atoms with E-state index in [1.165, 1.54) is 36.4 Å². The van der Waals surface area contributed by atoms with Gasteiger partial charge >= 0.3 is 6.03 Å². The van der Waals surface area contributed by atoms with Crippen molar-refractivity contribution in [2.75, 3.05) is 41.7 Å². The Balaban J connectivity index is 1.44. The van der Waals surface area contributed by atoms with Crippen molar-refractivity contribution in [2.24, 2.45) is 0 Å². The molecule has 0 saturated carbocycles. The highest BCUT2D eigenvalue weighted by Crippen LogP contribution is 2.28. The smallest absolute Gasteiger partial charge is 0.323 e. The number of benzene rings is 3. The van der Waals surface area contributed by atoms with Crippen LogP contribution in [0.5, 0.6) is 0 Å². The molecule has 2 heterocycles. The van der Waals surface area contributed by atoms with E-state index in [1.807, 2.05) is 6.07 Å². The number of carbonyl (C=O) groups excluding carboxylic acids is 2. The predicted molar refractivity (Wildman–Crippen MR) is 141 cm³/mol. The average molecular weight is 540 g/mol. The van der Waals surface area contributed by atoms with Gasteiger partial charge in [-0.3, -0.25) is 9.78 Å². The summed E-state index contributed by atoms with van der Waals surface area (Å²) in [6, 6.07) is 11.8. The molecule has 38 heavy (non-hydrogen) atoms.